The third kappa shape index (κ3) is 31.7. The van der Waals surface area contributed by atoms with Crippen LogP contribution in [0.3, 0.4) is 0 Å². The van der Waals surface area contributed by atoms with E-state index in [4.69, 9.17) is 0 Å². The Balaban J connectivity index is 3.94. The van der Waals surface area contributed by atoms with Crippen molar-refractivity contribution >= 4 is 16.0 Å². The monoisotopic (exact) mass is 637 g/mol. The smallest absolute Gasteiger partial charge is 0.267 e. The second-order valence-corrected chi connectivity index (χ2v) is 13.6. The fourth-order valence-electron chi connectivity index (χ4n) is 5.04. The molecule has 7 heteroatoms. The van der Waals surface area contributed by atoms with Crippen molar-refractivity contribution in [3.8, 4) is 0 Å². The van der Waals surface area contributed by atoms with Crippen LogP contribution in [-0.4, -0.2) is 41.9 Å². The summed E-state index contributed by atoms with van der Waals surface area (Å²) in [5.41, 5.74) is 0. The Morgan fingerprint density at radius 1 is 0.614 bits per heavy atom. The SMILES string of the molecule is CCCCCCC/C=C\C/C=C\C/C=C\CCCCCCCCC(=O)NC(CS(=O)(=O)O)C(O)/C=C/CCCCCCCC. The van der Waals surface area contributed by atoms with Gasteiger partial charge in [0, 0.05) is 6.42 Å². The minimum absolute atomic E-state index is 0.279. The fourth-order valence-corrected chi connectivity index (χ4v) is 5.78. The van der Waals surface area contributed by atoms with Gasteiger partial charge >= 0.3 is 0 Å². The molecule has 0 aliphatic carbocycles. The molecule has 0 aromatic carbocycles. The number of rotatable bonds is 31. The molecule has 2 atom stereocenters. The Kier molecular flexibility index (Phi) is 30.1. The molecule has 0 saturated heterocycles. The van der Waals surface area contributed by atoms with Gasteiger partial charge in [-0.05, 0) is 57.8 Å². The van der Waals surface area contributed by atoms with E-state index in [-0.39, 0.29) is 12.3 Å². The van der Waals surface area contributed by atoms with Gasteiger partial charge in [-0.25, -0.2) is 0 Å². The van der Waals surface area contributed by atoms with Crippen LogP contribution in [0.2, 0.25) is 0 Å². The van der Waals surface area contributed by atoms with Gasteiger partial charge in [-0.3, -0.25) is 9.35 Å². The Bertz CT molecular complexity index is 878. The highest BCUT2D eigenvalue weighted by Crippen LogP contribution is 2.11. The lowest BCUT2D eigenvalue weighted by Gasteiger charge is -2.21. The highest BCUT2D eigenvalue weighted by molar-refractivity contribution is 7.85. The van der Waals surface area contributed by atoms with E-state index in [0.717, 1.165) is 64.2 Å². The molecule has 0 spiro atoms. The van der Waals surface area contributed by atoms with Gasteiger partial charge in [-0.15, -0.1) is 0 Å². The van der Waals surface area contributed by atoms with Crippen LogP contribution in [0.5, 0.6) is 0 Å². The van der Waals surface area contributed by atoms with Gasteiger partial charge in [0.15, 0.2) is 0 Å². The first-order chi connectivity index (χ1) is 21.3. The first-order valence-electron chi connectivity index (χ1n) is 17.8. The maximum Gasteiger partial charge on any atom is 0.267 e. The molecule has 44 heavy (non-hydrogen) atoms. The van der Waals surface area contributed by atoms with E-state index in [1.165, 1.54) is 83.1 Å². The molecule has 0 aromatic rings. The maximum absolute atomic E-state index is 12.4. The summed E-state index contributed by atoms with van der Waals surface area (Å²) in [6.45, 7) is 4.44. The van der Waals surface area contributed by atoms with Crippen LogP contribution in [0.1, 0.15) is 162 Å². The van der Waals surface area contributed by atoms with E-state index in [0.29, 0.717) is 0 Å². The van der Waals surface area contributed by atoms with Gasteiger partial charge in [0.25, 0.3) is 10.1 Å². The largest absolute Gasteiger partial charge is 0.387 e. The molecule has 0 aliphatic rings. The van der Waals surface area contributed by atoms with Crippen LogP contribution >= 0.6 is 0 Å². The molecular formula is C37H67NO5S. The first kappa shape index (κ1) is 42.3. The number of hydrogen-bond acceptors (Lipinski definition) is 4. The zero-order valence-corrected chi connectivity index (χ0v) is 29.1. The van der Waals surface area contributed by atoms with Crippen molar-refractivity contribution in [2.24, 2.45) is 0 Å². The Morgan fingerprint density at radius 3 is 1.50 bits per heavy atom. The molecule has 2 unspecified atom stereocenters. The van der Waals surface area contributed by atoms with E-state index >= 15 is 0 Å². The molecule has 0 aliphatic heterocycles. The van der Waals surface area contributed by atoms with Gasteiger partial charge < -0.3 is 10.4 Å². The van der Waals surface area contributed by atoms with Crippen LogP contribution in [0.15, 0.2) is 48.6 Å². The lowest BCUT2D eigenvalue weighted by Crippen LogP contribution is -2.46. The van der Waals surface area contributed by atoms with E-state index in [2.05, 4.69) is 55.6 Å². The summed E-state index contributed by atoms with van der Waals surface area (Å²) in [6, 6.07) is -1.06. The maximum atomic E-state index is 12.4. The number of amides is 1. The topological polar surface area (TPSA) is 104 Å². The van der Waals surface area contributed by atoms with Crippen molar-refractivity contribution in [2.45, 2.75) is 174 Å². The summed E-state index contributed by atoms with van der Waals surface area (Å²) >= 11 is 0. The summed E-state index contributed by atoms with van der Waals surface area (Å²) in [5, 5.41) is 13.1. The number of allylic oxidation sites excluding steroid dienone is 7. The molecule has 0 rings (SSSR count). The normalized spacial score (nSPS) is 14.0. The van der Waals surface area contributed by atoms with Crippen molar-refractivity contribution in [1.82, 2.24) is 5.32 Å². The zero-order valence-electron chi connectivity index (χ0n) is 28.3. The summed E-state index contributed by atoms with van der Waals surface area (Å²) in [4.78, 5) is 12.4. The average Bonchev–Trinajstić information content (AvgIpc) is 2.98. The lowest BCUT2D eigenvalue weighted by atomic mass is 10.1. The van der Waals surface area contributed by atoms with E-state index < -0.39 is 28.0 Å². The summed E-state index contributed by atoms with van der Waals surface area (Å²) < 4.78 is 32.2. The summed E-state index contributed by atoms with van der Waals surface area (Å²) in [7, 11) is -4.34. The predicted octanol–water partition coefficient (Wildman–Crippen LogP) is 9.96. The number of hydrogen-bond donors (Lipinski definition) is 3. The molecule has 0 aromatic heterocycles. The number of unbranched alkanes of at least 4 members (excludes halogenated alkanes) is 17. The standard InChI is InChI=1S/C37H67NO5S/c1-3-5-7-9-11-13-14-15-16-17-18-19-20-21-22-23-24-25-27-29-31-33-37(40)38-35(34-44(41,42)43)36(39)32-30-28-26-12-10-8-6-4-2/h14-15,17-18,20-21,30,32,35-36,39H,3-13,16,19,22-29,31,33-34H2,1-2H3,(H,38,40)(H,41,42,43)/b15-14-,18-17-,21-20-,32-30+. The van der Waals surface area contributed by atoms with Gasteiger partial charge in [0.05, 0.1) is 17.9 Å². The fraction of sp³-hybridized carbons (Fsp3) is 0.757. The Morgan fingerprint density at radius 2 is 1.02 bits per heavy atom. The Hall–Kier alpha value is -1.70. The van der Waals surface area contributed by atoms with E-state index in [1.54, 1.807) is 0 Å². The number of carbonyl (C=O) groups excluding carboxylic acids is 1. The highest BCUT2D eigenvalue weighted by Gasteiger charge is 2.24. The van der Waals surface area contributed by atoms with Gasteiger partial charge in [0.1, 0.15) is 0 Å². The number of aliphatic hydroxyl groups is 1. The zero-order chi connectivity index (χ0) is 32.6. The molecule has 1 amide bonds. The number of carbonyl (C=O) groups is 1. The number of aliphatic hydroxyl groups excluding tert-OH is 1. The lowest BCUT2D eigenvalue weighted by molar-refractivity contribution is -0.122. The van der Waals surface area contributed by atoms with E-state index in [1.807, 2.05) is 6.08 Å². The van der Waals surface area contributed by atoms with Crippen molar-refractivity contribution in [3.63, 3.8) is 0 Å². The average molecular weight is 638 g/mol. The second-order valence-electron chi connectivity index (χ2n) is 12.1. The molecular weight excluding hydrogens is 570 g/mol. The second kappa shape index (κ2) is 31.3. The molecule has 0 saturated carbocycles. The third-order valence-corrected chi connectivity index (χ3v) is 8.53. The van der Waals surface area contributed by atoms with Crippen molar-refractivity contribution in [2.75, 3.05) is 5.75 Å². The van der Waals surface area contributed by atoms with E-state index in [9.17, 15) is 22.9 Å². The molecule has 256 valence electrons. The predicted molar refractivity (Wildman–Crippen MR) is 188 cm³/mol. The summed E-state index contributed by atoms with van der Waals surface area (Å²) in [5.74, 6) is -1.00. The van der Waals surface area contributed by atoms with Crippen LogP contribution in [0.4, 0.5) is 0 Å². The van der Waals surface area contributed by atoms with Gasteiger partial charge in [-0.1, -0.05) is 146 Å². The van der Waals surface area contributed by atoms with Crippen LogP contribution in [0.25, 0.3) is 0 Å². The Labute approximate surface area is 271 Å². The molecule has 0 heterocycles. The molecule has 0 radical (unpaired) electrons. The minimum atomic E-state index is -4.34. The molecule has 0 bridgehead atoms. The summed E-state index contributed by atoms with van der Waals surface area (Å²) in [6.07, 6.45) is 41.1. The minimum Gasteiger partial charge on any atom is -0.387 e. The van der Waals surface area contributed by atoms with Crippen LogP contribution in [-0.2, 0) is 14.9 Å². The third-order valence-electron chi connectivity index (χ3n) is 7.75. The van der Waals surface area contributed by atoms with Crippen LogP contribution < -0.4 is 5.32 Å². The molecule has 6 nitrogen and oxygen atoms in total. The quantitative estimate of drug-likeness (QED) is 0.0399. The highest BCUT2D eigenvalue weighted by atomic mass is 32.2. The number of nitrogens with one attached hydrogen (secondary N) is 1. The van der Waals surface area contributed by atoms with Crippen LogP contribution in [0, 0.1) is 0 Å². The first-order valence-corrected chi connectivity index (χ1v) is 19.4. The van der Waals surface area contributed by atoms with Crippen molar-refractivity contribution in [3.05, 3.63) is 48.6 Å². The van der Waals surface area contributed by atoms with Crippen molar-refractivity contribution in [1.29, 1.82) is 0 Å². The van der Waals surface area contributed by atoms with Gasteiger partial charge in [0.2, 0.25) is 5.91 Å². The molecule has 3 N–H and O–H groups in total. The van der Waals surface area contributed by atoms with Crippen molar-refractivity contribution < 1.29 is 22.9 Å². The van der Waals surface area contributed by atoms with Gasteiger partial charge in [-0.2, -0.15) is 8.42 Å². The molecule has 0 fully saturated rings.